The Balaban J connectivity index is 2.34. The van der Waals surface area contributed by atoms with Gasteiger partial charge < -0.3 is 0 Å². The number of rotatable bonds is 4. The molecule has 0 saturated carbocycles. The van der Waals surface area contributed by atoms with E-state index in [4.69, 9.17) is 0 Å². The SMILES string of the molecule is C[Si](C)(C)C1=C[C]([Ni][C]2=CC=CC2)([Si](C)(C)C)C=C1. The first-order chi connectivity index (χ1) is 8.64. The minimum absolute atomic E-state index is 0.285. The molecular weight excluding hydrogens is 307 g/mol. The molecule has 1 atom stereocenters. The van der Waals surface area contributed by atoms with Crippen LogP contribution >= 0.6 is 0 Å². The second-order valence-corrected chi connectivity index (χ2v) is 19.9. The normalized spacial score (nSPS) is 27.1. The molecule has 2 aliphatic carbocycles. The summed E-state index contributed by atoms with van der Waals surface area (Å²) >= 11 is 1.89. The number of allylic oxidation sites excluding steroid dienone is 8. The van der Waals surface area contributed by atoms with Crippen molar-refractivity contribution in [2.45, 2.75) is 49.7 Å². The van der Waals surface area contributed by atoms with Gasteiger partial charge in [-0.3, -0.25) is 0 Å². The summed E-state index contributed by atoms with van der Waals surface area (Å²) in [5.41, 5.74) is 0. The molecule has 0 heterocycles. The molecule has 108 valence electrons. The molecule has 0 bridgehead atoms. The van der Waals surface area contributed by atoms with Gasteiger partial charge in [-0.2, -0.15) is 0 Å². The van der Waals surface area contributed by atoms with E-state index in [0.29, 0.717) is 0 Å². The van der Waals surface area contributed by atoms with Gasteiger partial charge in [0.25, 0.3) is 0 Å². The van der Waals surface area contributed by atoms with E-state index in [9.17, 15) is 0 Å². The van der Waals surface area contributed by atoms with E-state index in [0.717, 1.165) is 6.42 Å². The van der Waals surface area contributed by atoms with Crippen molar-refractivity contribution >= 4 is 16.1 Å². The predicted molar refractivity (Wildman–Crippen MR) is 88.4 cm³/mol. The molecule has 0 fully saturated rings. The van der Waals surface area contributed by atoms with Gasteiger partial charge in [0.2, 0.25) is 0 Å². The molecule has 0 N–H and O–H groups in total. The molecule has 0 aromatic rings. The fourth-order valence-corrected chi connectivity index (χ4v) is 8.01. The minimum atomic E-state index is -1.30. The first-order valence-electron chi connectivity index (χ1n) is 7.02. The van der Waals surface area contributed by atoms with Crippen molar-refractivity contribution in [2.24, 2.45) is 0 Å². The fraction of sp³-hybridized carbons (Fsp3) is 0.500. The Kier molecular flexibility index (Phi) is 4.03. The fourth-order valence-electron chi connectivity index (χ4n) is 2.25. The predicted octanol–water partition coefficient (Wildman–Crippen LogP) is 5.32. The third kappa shape index (κ3) is 3.15. The van der Waals surface area contributed by atoms with Crippen LogP contribution in [-0.2, 0) is 14.4 Å². The molecule has 3 heteroatoms. The molecule has 0 saturated heterocycles. The van der Waals surface area contributed by atoms with Crippen molar-refractivity contribution in [1.29, 1.82) is 0 Å². The van der Waals surface area contributed by atoms with Crippen LogP contribution in [0.4, 0.5) is 0 Å². The van der Waals surface area contributed by atoms with Crippen LogP contribution in [0.15, 0.2) is 46.2 Å². The van der Waals surface area contributed by atoms with E-state index in [2.05, 4.69) is 75.7 Å². The van der Waals surface area contributed by atoms with Gasteiger partial charge in [0, 0.05) is 0 Å². The molecule has 0 aromatic carbocycles. The second kappa shape index (κ2) is 5.02. The third-order valence-corrected chi connectivity index (χ3v) is 12.3. The van der Waals surface area contributed by atoms with Gasteiger partial charge in [-0.05, 0) is 0 Å². The monoisotopic (exact) mass is 332 g/mol. The van der Waals surface area contributed by atoms with Crippen molar-refractivity contribution in [1.82, 2.24) is 0 Å². The average Bonchev–Trinajstić information content (AvgIpc) is 2.85. The van der Waals surface area contributed by atoms with E-state index < -0.39 is 16.1 Å². The third-order valence-electron chi connectivity index (χ3n) is 3.76. The Morgan fingerprint density at radius 3 is 2.21 bits per heavy atom. The Hall–Kier alpha value is -0.113. The summed E-state index contributed by atoms with van der Waals surface area (Å²) in [6.07, 6.45) is 15.5. The summed E-state index contributed by atoms with van der Waals surface area (Å²) < 4.78 is 1.83. The quantitative estimate of drug-likeness (QED) is 0.611. The number of hydrogen-bond acceptors (Lipinski definition) is 0. The molecule has 1 unspecified atom stereocenters. The average molecular weight is 333 g/mol. The van der Waals surface area contributed by atoms with Crippen LogP contribution in [0.25, 0.3) is 0 Å². The Bertz CT molecular complexity index is 484. The Morgan fingerprint density at radius 2 is 1.79 bits per heavy atom. The maximum absolute atomic E-state index is 2.63. The van der Waals surface area contributed by atoms with Crippen molar-refractivity contribution in [3.8, 4) is 0 Å². The molecular formula is C16H26NiSi2. The molecule has 0 spiro atoms. The molecule has 0 aliphatic heterocycles. The van der Waals surface area contributed by atoms with E-state index in [1.807, 2.05) is 14.4 Å². The molecule has 2 rings (SSSR count). The summed E-state index contributed by atoms with van der Waals surface area (Å²) in [4.78, 5) is 0. The summed E-state index contributed by atoms with van der Waals surface area (Å²) in [7, 11) is -2.50. The van der Waals surface area contributed by atoms with E-state index >= 15 is 0 Å². The van der Waals surface area contributed by atoms with Crippen LogP contribution in [-0.4, -0.2) is 16.1 Å². The van der Waals surface area contributed by atoms with Gasteiger partial charge in [0.1, 0.15) is 0 Å². The van der Waals surface area contributed by atoms with Gasteiger partial charge >= 0.3 is 126 Å². The molecule has 0 radical (unpaired) electrons. The van der Waals surface area contributed by atoms with Crippen LogP contribution in [0.2, 0.25) is 43.3 Å². The zero-order chi connectivity index (χ0) is 14.3. The van der Waals surface area contributed by atoms with Gasteiger partial charge in [-0.25, -0.2) is 0 Å². The van der Waals surface area contributed by atoms with Crippen molar-refractivity contribution in [2.75, 3.05) is 0 Å². The van der Waals surface area contributed by atoms with Crippen LogP contribution in [0, 0.1) is 0 Å². The summed E-state index contributed by atoms with van der Waals surface area (Å²) in [6, 6.07) is 0. The van der Waals surface area contributed by atoms with Crippen LogP contribution in [0.1, 0.15) is 6.42 Å². The van der Waals surface area contributed by atoms with Crippen LogP contribution in [0.3, 0.4) is 0 Å². The molecule has 0 aromatic heterocycles. The van der Waals surface area contributed by atoms with E-state index in [1.165, 1.54) is 0 Å². The van der Waals surface area contributed by atoms with Gasteiger partial charge in [0.05, 0.1) is 0 Å². The van der Waals surface area contributed by atoms with E-state index in [-0.39, 0.29) is 4.01 Å². The molecule has 2 aliphatic rings. The first kappa shape index (κ1) is 15.3. The zero-order valence-electron chi connectivity index (χ0n) is 13.0. The van der Waals surface area contributed by atoms with Crippen LogP contribution in [0.5, 0.6) is 0 Å². The molecule has 0 nitrogen and oxygen atoms in total. The molecule has 0 amide bonds. The Morgan fingerprint density at radius 1 is 1.11 bits per heavy atom. The number of hydrogen-bond donors (Lipinski definition) is 0. The topological polar surface area (TPSA) is 0 Å². The van der Waals surface area contributed by atoms with E-state index in [1.54, 1.807) is 9.74 Å². The van der Waals surface area contributed by atoms with Crippen molar-refractivity contribution in [3.05, 3.63) is 46.2 Å². The second-order valence-electron chi connectivity index (χ2n) is 7.44. The van der Waals surface area contributed by atoms with Gasteiger partial charge in [0.15, 0.2) is 0 Å². The standard InChI is InChI=1S/C11H21Si2.C5H5.Ni/c1-12(2,3)10-7-8-11(9-10)13(4,5)6;1-2-4-5-3-1;/h7-9H,1-6H3;1-3H,4H2;. The van der Waals surface area contributed by atoms with Crippen LogP contribution < -0.4 is 0 Å². The van der Waals surface area contributed by atoms with Crippen molar-refractivity contribution in [3.63, 3.8) is 0 Å². The summed E-state index contributed by atoms with van der Waals surface area (Å²) in [5, 5.41) is 1.64. The first-order valence-corrected chi connectivity index (χ1v) is 15.0. The summed E-state index contributed by atoms with van der Waals surface area (Å²) in [5.74, 6) is 0. The maximum atomic E-state index is 2.63. The van der Waals surface area contributed by atoms with Gasteiger partial charge in [-0.1, -0.05) is 0 Å². The Labute approximate surface area is 126 Å². The van der Waals surface area contributed by atoms with Crippen molar-refractivity contribution < 1.29 is 14.4 Å². The summed E-state index contributed by atoms with van der Waals surface area (Å²) in [6.45, 7) is 14.9. The van der Waals surface area contributed by atoms with Gasteiger partial charge in [-0.15, -0.1) is 0 Å². The molecule has 19 heavy (non-hydrogen) atoms. The zero-order valence-corrected chi connectivity index (χ0v) is 16.0.